The molecule has 0 unspecified atom stereocenters. The first-order valence-corrected chi connectivity index (χ1v) is 10.3. The number of aromatic nitrogens is 1. The Labute approximate surface area is 160 Å². The van der Waals surface area contributed by atoms with Crippen LogP contribution in [0.5, 0.6) is 0 Å². The van der Waals surface area contributed by atoms with Gasteiger partial charge in [0, 0.05) is 42.6 Å². The number of benzene rings is 1. The minimum atomic E-state index is 0.526. The first-order chi connectivity index (χ1) is 12.5. The van der Waals surface area contributed by atoms with E-state index in [1.54, 1.807) is 11.8 Å². The van der Waals surface area contributed by atoms with Crippen LogP contribution in [0.2, 0.25) is 0 Å². The van der Waals surface area contributed by atoms with Gasteiger partial charge in [-0.2, -0.15) is 0 Å². The summed E-state index contributed by atoms with van der Waals surface area (Å²) in [6.07, 6.45) is 2.08. The molecule has 3 rings (SSSR count). The van der Waals surface area contributed by atoms with Gasteiger partial charge in [0.2, 0.25) is 5.89 Å². The Morgan fingerprint density at radius 1 is 1.27 bits per heavy atom. The fourth-order valence-corrected chi connectivity index (χ4v) is 3.78. The molecule has 1 aliphatic heterocycles. The smallest absolute Gasteiger partial charge is 0.226 e. The van der Waals surface area contributed by atoms with E-state index < -0.39 is 0 Å². The van der Waals surface area contributed by atoms with Crippen LogP contribution in [-0.4, -0.2) is 68.0 Å². The summed E-state index contributed by atoms with van der Waals surface area (Å²) in [5.74, 6) is 2.14. The maximum absolute atomic E-state index is 5.95. The van der Waals surface area contributed by atoms with Gasteiger partial charge in [0.15, 0.2) is 0 Å². The SMILES string of the molecule is CSc1ccc(-c2nc(CN3CCOC[C@H](CN(C)C)C3)c(C)o2)cc1. The Kier molecular flexibility index (Phi) is 6.75. The number of ether oxygens (including phenoxy) is 1. The summed E-state index contributed by atoms with van der Waals surface area (Å²) in [6.45, 7) is 7.44. The van der Waals surface area contributed by atoms with Gasteiger partial charge in [-0.15, -0.1) is 11.8 Å². The van der Waals surface area contributed by atoms with Crippen LogP contribution in [-0.2, 0) is 11.3 Å². The molecule has 26 heavy (non-hydrogen) atoms. The highest BCUT2D eigenvalue weighted by Crippen LogP contribution is 2.25. The number of rotatable bonds is 6. The van der Waals surface area contributed by atoms with Gasteiger partial charge in [-0.1, -0.05) is 0 Å². The average Bonchev–Trinajstić information content (AvgIpc) is 2.84. The molecule has 2 heterocycles. The zero-order valence-electron chi connectivity index (χ0n) is 16.2. The lowest BCUT2D eigenvalue weighted by Gasteiger charge is -2.24. The highest BCUT2D eigenvalue weighted by molar-refractivity contribution is 7.98. The zero-order valence-corrected chi connectivity index (χ0v) is 17.0. The molecule has 6 heteroatoms. The second-order valence-corrected chi connectivity index (χ2v) is 8.07. The molecule has 0 spiro atoms. The molecule has 0 N–H and O–H groups in total. The van der Waals surface area contributed by atoms with Crippen molar-refractivity contribution in [1.29, 1.82) is 0 Å². The van der Waals surface area contributed by atoms with Gasteiger partial charge in [-0.25, -0.2) is 4.98 Å². The van der Waals surface area contributed by atoms with Gasteiger partial charge in [-0.05, 0) is 51.5 Å². The van der Waals surface area contributed by atoms with Crippen molar-refractivity contribution in [3.05, 3.63) is 35.7 Å². The number of nitrogens with zero attached hydrogens (tertiary/aromatic N) is 3. The molecule has 5 nitrogen and oxygen atoms in total. The minimum absolute atomic E-state index is 0.526. The minimum Gasteiger partial charge on any atom is -0.441 e. The lowest BCUT2D eigenvalue weighted by Crippen LogP contribution is -2.34. The standard InChI is InChI=1S/C20H29N3O2S/c1-15-19(13-23-9-10-24-14-16(12-23)11-22(2)3)21-20(25-15)17-5-7-18(26-4)8-6-17/h5-8,16H,9-14H2,1-4H3/t16-/m1/s1. The second-order valence-electron chi connectivity index (χ2n) is 7.19. The fourth-order valence-electron chi connectivity index (χ4n) is 3.37. The number of aryl methyl sites for hydroxylation is 1. The summed E-state index contributed by atoms with van der Waals surface area (Å²) in [4.78, 5) is 10.7. The van der Waals surface area contributed by atoms with Gasteiger partial charge >= 0.3 is 0 Å². The molecular formula is C20H29N3O2S. The summed E-state index contributed by atoms with van der Waals surface area (Å²) >= 11 is 1.74. The number of thioether (sulfide) groups is 1. The molecule has 1 aromatic heterocycles. The Morgan fingerprint density at radius 2 is 2.04 bits per heavy atom. The molecule has 1 fully saturated rings. The van der Waals surface area contributed by atoms with Crippen LogP contribution in [0.3, 0.4) is 0 Å². The van der Waals surface area contributed by atoms with Crippen molar-refractivity contribution in [3.63, 3.8) is 0 Å². The topological polar surface area (TPSA) is 41.7 Å². The van der Waals surface area contributed by atoms with E-state index in [1.165, 1.54) is 4.90 Å². The third-order valence-electron chi connectivity index (χ3n) is 4.65. The van der Waals surface area contributed by atoms with Crippen molar-refractivity contribution in [2.75, 3.05) is 53.2 Å². The third-order valence-corrected chi connectivity index (χ3v) is 5.39. The van der Waals surface area contributed by atoms with Crippen LogP contribution in [0.4, 0.5) is 0 Å². The van der Waals surface area contributed by atoms with Crippen LogP contribution < -0.4 is 0 Å². The summed E-state index contributed by atoms with van der Waals surface area (Å²) in [5, 5.41) is 0. The summed E-state index contributed by atoms with van der Waals surface area (Å²) < 4.78 is 11.7. The van der Waals surface area contributed by atoms with Gasteiger partial charge in [-0.3, -0.25) is 4.90 Å². The average molecular weight is 376 g/mol. The predicted molar refractivity (Wildman–Crippen MR) is 107 cm³/mol. The number of hydrogen-bond acceptors (Lipinski definition) is 6. The summed E-state index contributed by atoms with van der Waals surface area (Å²) in [6, 6.07) is 8.37. The van der Waals surface area contributed by atoms with Crippen LogP contribution in [0, 0.1) is 12.8 Å². The molecule has 0 saturated carbocycles. The van der Waals surface area contributed by atoms with E-state index in [9.17, 15) is 0 Å². The molecule has 1 atom stereocenters. The molecule has 2 aromatic rings. The third kappa shape index (κ3) is 5.10. The molecule has 1 aromatic carbocycles. The van der Waals surface area contributed by atoms with Crippen LogP contribution in [0.15, 0.2) is 33.6 Å². The van der Waals surface area contributed by atoms with E-state index in [1.807, 2.05) is 6.92 Å². The fraction of sp³-hybridized carbons (Fsp3) is 0.550. The summed E-state index contributed by atoms with van der Waals surface area (Å²) in [7, 11) is 4.23. The molecule has 0 amide bonds. The molecule has 1 saturated heterocycles. The van der Waals surface area contributed by atoms with E-state index in [4.69, 9.17) is 14.1 Å². The normalized spacial score (nSPS) is 19.0. The molecule has 142 valence electrons. The van der Waals surface area contributed by atoms with Crippen molar-refractivity contribution in [2.45, 2.75) is 18.4 Å². The molecule has 0 radical (unpaired) electrons. The number of oxazole rings is 1. The monoisotopic (exact) mass is 375 g/mol. The lowest BCUT2D eigenvalue weighted by atomic mass is 10.1. The Hall–Kier alpha value is -1.34. The molecule has 0 aliphatic carbocycles. The Balaban J connectivity index is 1.70. The van der Waals surface area contributed by atoms with E-state index in [-0.39, 0.29) is 0 Å². The van der Waals surface area contributed by atoms with Crippen LogP contribution >= 0.6 is 11.8 Å². The lowest BCUT2D eigenvalue weighted by molar-refractivity contribution is 0.112. The molecule has 1 aliphatic rings. The van der Waals surface area contributed by atoms with E-state index in [0.29, 0.717) is 11.8 Å². The van der Waals surface area contributed by atoms with Crippen molar-refractivity contribution >= 4 is 11.8 Å². The first kappa shape index (κ1) is 19.4. The zero-order chi connectivity index (χ0) is 18.5. The highest BCUT2D eigenvalue weighted by Gasteiger charge is 2.21. The van der Waals surface area contributed by atoms with Crippen LogP contribution in [0.1, 0.15) is 11.5 Å². The molecule has 0 bridgehead atoms. The van der Waals surface area contributed by atoms with Crippen molar-refractivity contribution in [1.82, 2.24) is 14.8 Å². The van der Waals surface area contributed by atoms with E-state index in [2.05, 4.69) is 54.4 Å². The maximum atomic E-state index is 5.95. The van der Waals surface area contributed by atoms with E-state index >= 15 is 0 Å². The molecular weight excluding hydrogens is 346 g/mol. The predicted octanol–water partition coefficient (Wildman–Crippen LogP) is 3.38. The maximum Gasteiger partial charge on any atom is 0.226 e. The Morgan fingerprint density at radius 3 is 2.73 bits per heavy atom. The largest absolute Gasteiger partial charge is 0.441 e. The second kappa shape index (κ2) is 9.04. The van der Waals surface area contributed by atoms with Gasteiger partial charge in [0.1, 0.15) is 5.76 Å². The first-order valence-electron chi connectivity index (χ1n) is 9.10. The van der Waals surface area contributed by atoms with Crippen LogP contribution in [0.25, 0.3) is 11.5 Å². The highest BCUT2D eigenvalue weighted by atomic mass is 32.2. The van der Waals surface area contributed by atoms with E-state index in [0.717, 1.165) is 56.4 Å². The van der Waals surface area contributed by atoms with Gasteiger partial charge in [0.25, 0.3) is 0 Å². The van der Waals surface area contributed by atoms with Gasteiger partial charge < -0.3 is 14.1 Å². The van der Waals surface area contributed by atoms with Gasteiger partial charge in [0.05, 0.1) is 18.9 Å². The number of hydrogen-bond donors (Lipinski definition) is 0. The van der Waals surface area contributed by atoms with Crippen molar-refractivity contribution < 1.29 is 9.15 Å². The van der Waals surface area contributed by atoms with Crippen molar-refractivity contribution in [2.24, 2.45) is 5.92 Å². The van der Waals surface area contributed by atoms with Crippen molar-refractivity contribution in [3.8, 4) is 11.5 Å². The summed E-state index contributed by atoms with van der Waals surface area (Å²) in [5.41, 5.74) is 2.06. The Bertz CT molecular complexity index is 700. The quantitative estimate of drug-likeness (QED) is 0.721.